The normalized spacial score (nSPS) is 28.5. The molecule has 16 heavy (non-hydrogen) atoms. The third-order valence-electron chi connectivity index (χ3n) is 2.89. The van der Waals surface area contributed by atoms with Crippen LogP contribution in [-0.2, 0) is 4.79 Å². The molecule has 1 aliphatic rings. The topological polar surface area (TPSA) is 37.3 Å². The van der Waals surface area contributed by atoms with E-state index in [4.69, 9.17) is 0 Å². The van der Waals surface area contributed by atoms with Crippen molar-refractivity contribution in [2.75, 3.05) is 0 Å². The molecule has 1 N–H and O–H groups in total. The molecule has 4 heteroatoms. The molecule has 1 fully saturated rings. The average molecular weight is 240 g/mol. The maximum absolute atomic E-state index is 13.4. The second-order valence-corrected chi connectivity index (χ2v) is 5.77. The Kier molecular flexibility index (Phi) is 2.93. The van der Waals surface area contributed by atoms with Crippen molar-refractivity contribution in [3.63, 3.8) is 0 Å². The maximum atomic E-state index is 13.4. The molecule has 0 aromatic heterocycles. The Labute approximate surface area is 97.9 Å². The number of thioether (sulfide) groups is 1. The van der Waals surface area contributed by atoms with Gasteiger partial charge in [0.2, 0.25) is 0 Å². The number of hydrogen-bond acceptors (Lipinski definition) is 2. The highest BCUT2D eigenvalue weighted by molar-refractivity contribution is 8.01. The lowest BCUT2D eigenvalue weighted by molar-refractivity contribution is -0.143. The van der Waals surface area contributed by atoms with Gasteiger partial charge in [-0.15, -0.1) is 11.8 Å². The minimum absolute atomic E-state index is 0.340. The van der Waals surface area contributed by atoms with Crippen molar-refractivity contribution >= 4 is 17.7 Å². The van der Waals surface area contributed by atoms with E-state index in [1.807, 2.05) is 6.92 Å². The first kappa shape index (κ1) is 11.5. The molecule has 0 saturated heterocycles. The quantitative estimate of drug-likeness (QED) is 0.881. The number of benzene rings is 1. The summed E-state index contributed by atoms with van der Waals surface area (Å²) >= 11 is 1.14. The number of halogens is 1. The number of aliphatic carboxylic acids is 1. The summed E-state index contributed by atoms with van der Waals surface area (Å²) in [6, 6.07) is 6.33. The smallest absolute Gasteiger partial charge is 0.320 e. The number of carboxylic acid groups (broad SMARTS) is 1. The van der Waals surface area contributed by atoms with Crippen LogP contribution in [0.2, 0.25) is 0 Å². The van der Waals surface area contributed by atoms with Crippen LogP contribution >= 0.6 is 11.8 Å². The molecule has 0 heterocycles. The molecule has 2 nitrogen and oxygen atoms in total. The second-order valence-electron chi connectivity index (χ2n) is 4.35. The fourth-order valence-electron chi connectivity index (χ4n) is 2.11. The van der Waals surface area contributed by atoms with Crippen LogP contribution in [0.25, 0.3) is 0 Å². The first-order chi connectivity index (χ1) is 7.53. The standard InChI is InChI=1S/C12H13FO2S/c1-8-6-12(7-8,11(14)15)16-10-5-3-2-4-9(10)13/h2-5,8H,6-7H2,1H3,(H,14,15). The fraction of sp³-hybridized carbons (Fsp3) is 0.417. The van der Waals surface area contributed by atoms with Crippen LogP contribution in [0.1, 0.15) is 19.8 Å². The number of rotatable bonds is 3. The Morgan fingerprint density at radius 1 is 1.50 bits per heavy atom. The van der Waals surface area contributed by atoms with Crippen molar-refractivity contribution in [3.8, 4) is 0 Å². The molecule has 1 saturated carbocycles. The summed E-state index contributed by atoms with van der Waals surface area (Å²) in [4.78, 5) is 11.6. The van der Waals surface area contributed by atoms with Gasteiger partial charge < -0.3 is 5.11 Å². The molecule has 0 atom stereocenters. The Morgan fingerprint density at radius 3 is 2.62 bits per heavy atom. The van der Waals surface area contributed by atoms with Crippen LogP contribution in [0, 0.1) is 11.7 Å². The van der Waals surface area contributed by atoms with E-state index >= 15 is 0 Å². The third-order valence-corrected chi connectivity index (χ3v) is 4.34. The number of hydrogen-bond donors (Lipinski definition) is 1. The molecule has 86 valence electrons. The molecular weight excluding hydrogens is 227 g/mol. The van der Waals surface area contributed by atoms with Gasteiger partial charge in [0.1, 0.15) is 10.6 Å². The first-order valence-corrected chi connectivity index (χ1v) is 6.02. The zero-order chi connectivity index (χ0) is 11.8. The molecule has 0 bridgehead atoms. The highest BCUT2D eigenvalue weighted by Crippen LogP contribution is 2.51. The van der Waals surface area contributed by atoms with Crippen molar-refractivity contribution in [2.45, 2.75) is 29.4 Å². The van der Waals surface area contributed by atoms with Crippen LogP contribution in [-0.4, -0.2) is 15.8 Å². The molecule has 0 amide bonds. The predicted octanol–water partition coefficient (Wildman–Crippen LogP) is 3.17. The molecule has 1 aromatic rings. The van der Waals surface area contributed by atoms with E-state index in [1.54, 1.807) is 18.2 Å². The zero-order valence-electron chi connectivity index (χ0n) is 8.94. The largest absolute Gasteiger partial charge is 0.480 e. The highest BCUT2D eigenvalue weighted by atomic mass is 32.2. The van der Waals surface area contributed by atoms with Crippen molar-refractivity contribution in [3.05, 3.63) is 30.1 Å². The fourth-order valence-corrected chi connectivity index (χ4v) is 3.66. The second kappa shape index (κ2) is 4.09. The predicted molar refractivity (Wildman–Crippen MR) is 61.0 cm³/mol. The van der Waals surface area contributed by atoms with Crippen LogP contribution in [0.15, 0.2) is 29.2 Å². The van der Waals surface area contributed by atoms with Gasteiger partial charge in [-0.1, -0.05) is 19.1 Å². The van der Waals surface area contributed by atoms with E-state index in [-0.39, 0.29) is 5.82 Å². The van der Waals surface area contributed by atoms with Crippen LogP contribution in [0.5, 0.6) is 0 Å². The van der Waals surface area contributed by atoms with E-state index in [9.17, 15) is 14.3 Å². The lowest BCUT2D eigenvalue weighted by Gasteiger charge is -2.42. The minimum atomic E-state index is -0.834. The number of carbonyl (C=O) groups is 1. The lowest BCUT2D eigenvalue weighted by atomic mass is 9.75. The molecule has 1 aliphatic carbocycles. The van der Waals surface area contributed by atoms with Gasteiger partial charge in [0, 0.05) is 4.90 Å². The SMILES string of the molecule is CC1CC(Sc2ccccc2F)(C(=O)O)C1. The van der Waals surface area contributed by atoms with Gasteiger partial charge in [-0.05, 0) is 30.9 Å². The Hall–Kier alpha value is -1.03. The molecule has 0 unspecified atom stereocenters. The van der Waals surface area contributed by atoms with E-state index in [1.165, 1.54) is 6.07 Å². The Balaban J connectivity index is 2.20. The van der Waals surface area contributed by atoms with Gasteiger partial charge in [-0.25, -0.2) is 4.39 Å². The average Bonchev–Trinajstić information content (AvgIpc) is 2.18. The summed E-state index contributed by atoms with van der Waals surface area (Å²) in [7, 11) is 0. The van der Waals surface area contributed by atoms with Gasteiger partial charge in [0.25, 0.3) is 0 Å². The van der Waals surface area contributed by atoms with E-state index < -0.39 is 10.7 Å². The van der Waals surface area contributed by atoms with E-state index in [0.717, 1.165) is 11.8 Å². The highest BCUT2D eigenvalue weighted by Gasteiger charge is 2.49. The van der Waals surface area contributed by atoms with Crippen LogP contribution < -0.4 is 0 Å². The summed E-state index contributed by atoms with van der Waals surface area (Å²) < 4.78 is 12.6. The molecule has 0 aliphatic heterocycles. The zero-order valence-corrected chi connectivity index (χ0v) is 9.76. The molecule has 1 aromatic carbocycles. The summed E-state index contributed by atoms with van der Waals surface area (Å²) in [5.41, 5.74) is 0. The third kappa shape index (κ3) is 1.94. The van der Waals surface area contributed by atoms with Gasteiger partial charge in [0.05, 0.1) is 0 Å². The summed E-state index contributed by atoms with van der Waals surface area (Å²) in [5.74, 6) is -0.762. The Bertz CT molecular complexity index is 413. The van der Waals surface area contributed by atoms with E-state index in [0.29, 0.717) is 23.7 Å². The van der Waals surface area contributed by atoms with Crippen molar-refractivity contribution in [1.29, 1.82) is 0 Å². The summed E-state index contributed by atoms with van der Waals surface area (Å²) in [6.45, 7) is 2.02. The van der Waals surface area contributed by atoms with Gasteiger partial charge in [0.15, 0.2) is 0 Å². The van der Waals surface area contributed by atoms with Gasteiger partial charge in [-0.2, -0.15) is 0 Å². The molecule has 2 rings (SSSR count). The van der Waals surface area contributed by atoms with Gasteiger partial charge in [-0.3, -0.25) is 4.79 Å². The van der Waals surface area contributed by atoms with E-state index in [2.05, 4.69) is 0 Å². The van der Waals surface area contributed by atoms with Crippen molar-refractivity contribution in [2.24, 2.45) is 5.92 Å². The maximum Gasteiger partial charge on any atom is 0.320 e. The first-order valence-electron chi connectivity index (χ1n) is 5.20. The summed E-state index contributed by atoms with van der Waals surface area (Å²) in [5, 5.41) is 9.21. The molecule has 0 spiro atoms. The Morgan fingerprint density at radius 2 is 2.12 bits per heavy atom. The van der Waals surface area contributed by atoms with Gasteiger partial charge >= 0.3 is 5.97 Å². The molecular formula is C12H13FO2S. The number of carboxylic acids is 1. The molecule has 0 radical (unpaired) electrons. The minimum Gasteiger partial charge on any atom is -0.480 e. The van der Waals surface area contributed by atoms with Crippen LogP contribution in [0.4, 0.5) is 4.39 Å². The summed E-state index contributed by atoms with van der Waals surface area (Å²) in [6.07, 6.45) is 1.22. The monoisotopic (exact) mass is 240 g/mol. The van der Waals surface area contributed by atoms with Crippen molar-refractivity contribution < 1.29 is 14.3 Å². The van der Waals surface area contributed by atoms with Crippen molar-refractivity contribution in [1.82, 2.24) is 0 Å². The van der Waals surface area contributed by atoms with Crippen LogP contribution in [0.3, 0.4) is 0 Å². The lowest BCUT2D eigenvalue weighted by Crippen LogP contribution is -2.46.